The molecule has 1 aromatic rings. The lowest BCUT2D eigenvalue weighted by Gasteiger charge is -2.01. The summed E-state index contributed by atoms with van der Waals surface area (Å²) >= 11 is 0. The van der Waals surface area contributed by atoms with Crippen LogP contribution in [0.1, 0.15) is 15.9 Å². The summed E-state index contributed by atoms with van der Waals surface area (Å²) in [6.45, 7) is 0.807. The highest BCUT2D eigenvalue weighted by molar-refractivity contribution is 5.89. The number of carbonyl (C=O) groups excluding carboxylic acids is 1. The predicted molar refractivity (Wildman–Crippen MR) is 57.8 cm³/mol. The number of ether oxygens (including phenoxy) is 1. The van der Waals surface area contributed by atoms with Crippen molar-refractivity contribution < 1.29 is 9.53 Å². The normalized spacial score (nSPS) is 9.00. The van der Waals surface area contributed by atoms with Gasteiger partial charge in [0.1, 0.15) is 0 Å². The Morgan fingerprint density at radius 1 is 1.36 bits per heavy atom. The van der Waals surface area contributed by atoms with Gasteiger partial charge >= 0.3 is 5.97 Å². The molecular formula is C10H14ClNO2. The molecule has 0 aromatic heterocycles. The van der Waals surface area contributed by atoms with Gasteiger partial charge in [-0.05, 0) is 24.7 Å². The van der Waals surface area contributed by atoms with Gasteiger partial charge < -0.3 is 10.1 Å². The van der Waals surface area contributed by atoms with Gasteiger partial charge in [-0.25, -0.2) is 4.79 Å². The highest BCUT2D eigenvalue weighted by Crippen LogP contribution is 2.05. The van der Waals surface area contributed by atoms with Gasteiger partial charge in [-0.2, -0.15) is 0 Å². The lowest BCUT2D eigenvalue weighted by Crippen LogP contribution is -2.06. The first-order valence-electron chi connectivity index (χ1n) is 4.09. The van der Waals surface area contributed by atoms with E-state index in [-0.39, 0.29) is 18.4 Å². The van der Waals surface area contributed by atoms with Gasteiger partial charge in [-0.1, -0.05) is 12.1 Å². The number of carbonyl (C=O) groups is 1. The fraction of sp³-hybridized carbons (Fsp3) is 0.300. The maximum Gasteiger partial charge on any atom is 0.337 e. The van der Waals surface area contributed by atoms with Crippen LogP contribution in [0.3, 0.4) is 0 Å². The predicted octanol–water partition coefficient (Wildman–Crippen LogP) is 1.61. The Hall–Kier alpha value is -1.06. The topological polar surface area (TPSA) is 38.3 Å². The lowest BCUT2D eigenvalue weighted by molar-refractivity contribution is 0.0600. The fourth-order valence-electron chi connectivity index (χ4n) is 1.08. The highest BCUT2D eigenvalue weighted by atomic mass is 35.5. The summed E-state index contributed by atoms with van der Waals surface area (Å²) in [7, 11) is 3.26. The summed E-state index contributed by atoms with van der Waals surface area (Å²) in [5.41, 5.74) is 1.73. The van der Waals surface area contributed by atoms with Crippen molar-refractivity contribution >= 4 is 18.4 Å². The Bertz CT molecular complexity index is 285. The fourth-order valence-corrected chi connectivity index (χ4v) is 1.08. The van der Waals surface area contributed by atoms with Crippen molar-refractivity contribution in [1.82, 2.24) is 5.32 Å². The average molecular weight is 216 g/mol. The van der Waals surface area contributed by atoms with Crippen LogP contribution in [0, 0.1) is 0 Å². The van der Waals surface area contributed by atoms with Crippen LogP contribution in [-0.4, -0.2) is 20.1 Å². The summed E-state index contributed by atoms with van der Waals surface area (Å²) in [4.78, 5) is 11.0. The molecule has 1 aromatic carbocycles. The molecule has 0 saturated heterocycles. The van der Waals surface area contributed by atoms with Crippen LogP contribution in [0.5, 0.6) is 0 Å². The molecule has 0 atom stereocenters. The molecule has 14 heavy (non-hydrogen) atoms. The molecule has 4 heteroatoms. The van der Waals surface area contributed by atoms with Crippen LogP contribution in [0.15, 0.2) is 24.3 Å². The van der Waals surface area contributed by atoms with Crippen LogP contribution >= 0.6 is 12.4 Å². The van der Waals surface area contributed by atoms with E-state index in [1.807, 2.05) is 19.2 Å². The largest absolute Gasteiger partial charge is 0.465 e. The van der Waals surface area contributed by atoms with Crippen molar-refractivity contribution in [3.63, 3.8) is 0 Å². The van der Waals surface area contributed by atoms with Gasteiger partial charge in [-0.3, -0.25) is 0 Å². The van der Waals surface area contributed by atoms with E-state index < -0.39 is 0 Å². The first-order valence-corrected chi connectivity index (χ1v) is 4.09. The minimum absolute atomic E-state index is 0. The Kier molecular flexibility index (Phi) is 5.92. The van der Waals surface area contributed by atoms with E-state index in [4.69, 9.17) is 0 Å². The van der Waals surface area contributed by atoms with Crippen molar-refractivity contribution in [2.24, 2.45) is 0 Å². The molecule has 1 rings (SSSR count). The molecule has 0 aliphatic carbocycles. The molecule has 0 aliphatic rings. The average Bonchev–Trinajstić information content (AvgIpc) is 2.18. The van der Waals surface area contributed by atoms with E-state index in [0.717, 1.165) is 12.1 Å². The van der Waals surface area contributed by atoms with Gasteiger partial charge in [0.2, 0.25) is 0 Å². The number of rotatable bonds is 3. The van der Waals surface area contributed by atoms with Crippen LogP contribution in [0.2, 0.25) is 0 Å². The second-order valence-electron chi connectivity index (χ2n) is 2.72. The minimum atomic E-state index is -0.295. The van der Waals surface area contributed by atoms with Gasteiger partial charge in [-0.15, -0.1) is 12.4 Å². The molecule has 0 heterocycles. The van der Waals surface area contributed by atoms with E-state index in [0.29, 0.717) is 5.56 Å². The van der Waals surface area contributed by atoms with Gasteiger partial charge in [0.05, 0.1) is 12.7 Å². The van der Waals surface area contributed by atoms with Crippen molar-refractivity contribution in [2.45, 2.75) is 6.54 Å². The first kappa shape index (κ1) is 12.9. The number of benzene rings is 1. The monoisotopic (exact) mass is 215 g/mol. The van der Waals surface area contributed by atoms with Crippen LogP contribution in [-0.2, 0) is 11.3 Å². The summed E-state index contributed by atoms with van der Waals surface area (Å²) in [5, 5.41) is 3.03. The Morgan fingerprint density at radius 2 is 1.93 bits per heavy atom. The zero-order chi connectivity index (χ0) is 9.68. The molecule has 0 fully saturated rings. The van der Waals surface area contributed by atoms with Crippen molar-refractivity contribution in [3.05, 3.63) is 35.4 Å². The molecule has 0 spiro atoms. The van der Waals surface area contributed by atoms with E-state index in [1.165, 1.54) is 7.11 Å². The number of esters is 1. The molecule has 1 N–H and O–H groups in total. The Morgan fingerprint density at radius 3 is 2.36 bits per heavy atom. The number of hydrogen-bond donors (Lipinski definition) is 1. The van der Waals surface area contributed by atoms with Crippen LogP contribution in [0.25, 0.3) is 0 Å². The number of halogens is 1. The maximum absolute atomic E-state index is 11.0. The quantitative estimate of drug-likeness (QED) is 0.779. The van der Waals surface area contributed by atoms with Crippen LogP contribution in [0.4, 0.5) is 0 Å². The maximum atomic E-state index is 11.0. The van der Waals surface area contributed by atoms with Gasteiger partial charge in [0.15, 0.2) is 0 Å². The van der Waals surface area contributed by atoms with E-state index in [9.17, 15) is 4.79 Å². The Labute approximate surface area is 89.9 Å². The standard InChI is InChI=1S/C10H13NO2.ClH/c1-11-7-8-3-5-9(6-4-8)10(12)13-2;/h3-6,11H,7H2,1-2H3;1H. The van der Waals surface area contributed by atoms with Gasteiger partial charge in [0, 0.05) is 6.54 Å². The zero-order valence-electron chi connectivity index (χ0n) is 8.24. The van der Waals surface area contributed by atoms with Crippen molar-refractivity contribution in [2.75, 3.05) is 14.2 Å². The zero-order valence-corrected chi connectivity index (χ0v) is 9.06. The molecule has 0 unspecified atom stereocenters. The SMILES string of the molecule is CNCc1ccc(C(=O)OC)cc1.Cl. The first-order chi connectivity index (χ1) is 6.27. The molecule has 78 valence electrons. The third-order valence-electron chi connectivity index (χ3n) is 1.76. The molecule has 0 saturated carbocycles. The molecule has 0 bridgehead atoms. The second kappa shape index (κ2) is 6.40. The molecular weight excluding hydrogens is 202 g/mol. The third kappa shape index (κ3) is 3.36. The summed E-state index contributed by atoms with van der Waals surface area (Å²) < 4.78 is 4.58. The third-order valence-corrected chi connectivity index (χ3v) is 1.76. The highest BCUT2D eigenvalue weighted by Gasteiger charge is 2.03. The van der Waals surface area contributed by atoms with Gasteiger partial charge in [0.25, 0.3) is 0 Å². The summed E-state index contributed by atoms with van der Waals surface area (Å²) in [6.07, 6.45) is 0. The van der Waals surface area contributed by atoms with E-state index in [2.05, 4.69) is 10.1 Å². The smallest absolute Gasteiger partial charge is 0.337 e. The van der Waals surface area contributed by atoms with Crippen molar-refractivity contribution in [1.29, 1.82) is 0 Å². The summed E-state index contributed by atoms with van der Waals surface area (Å²) in [6, 6.07) is 7.34. The molecule has 3 nitrogen and oxygen atoms in total. The molecule has 0 aliphatic heterocycles. The number of hydrogen-bond acceptors (Lipinski definition) is 3. The molecule has 0 radical (unpaired) electrons. The lowest BCUT2D eigenvalue weighted by atomic mass is 10.1. The minimum Gasteiger partial charge on any atom is -0.465 e. The summed E-state index contributed by atoms with van der Waals surface area (Å²) in [5.74, 6) is -0.295. The second-order valence-corrected chi connectivity index (χ2v) is 2.72. The van der Waals surface area contributed by atoms with Crippen LogP contribution < -0.4 is 5.32 Å². The molecule has 0 amide bonds. The van der Waals surface area contributed by atoms with E-state index >= 15 is 0 Å². The number of methoxy groups -OCH3 is 1. The van der Waals surface area contributed by atoms with Crippen molar-refractivity contribution in [3.8, 4) is 0 Å². The Balaban J connectivity index is 0.00000169. The van der Waals surface area contributed by atoms with E-state index in [1.54, 1.807) is 12.1 Å². The number of nitrogens with one attached hydrogen (secondary N) is 1.